The van der Waals surface area contributed by atoms with Crippen LogP contribution in [0.25, 0.3) is 9.53 Å². The average Bonchev–Trinajstić information content (AvgIpc) is 3.39. The standard InChI is InChI=1S/C22H19N7OS2/c1-29(13-3-12-23)17-8-4-15(5-9-17)26-28-22-24-21-19(31-22)14-20(32-21)27-25-16-6-10-18(30-2)11-7-16/h4-11,14H,3,13H2,1-2H3. The fraction of sp³-hybridized carbons (Fsp3) is 0.182. The van der Waals surface area contributed by atoms with Crippen LogP contribution in [0.5, 0.6) is 5.75 Å². The summed E-state index contributed by atoms with van der Waals surface area (Å²) in [6.07, 6.45) is 0.490. The predicted molar refractivity (Wildman–Crippen MR) is 129 cm³/mol. The van der Waals surface area contributed by atoms with Crippen molar-refractivity contribution < 1.29 is 4.74 Å². The van der Waals surface area contributed by atoms with E-state index in [2.05, 4.69) is 31.5 Å². The lowest BCUT2D eigenvalue weighted by Gasteiger charge is -2.17. The second-order valence-electron chi connectivity index (χ2n) is 6.69. The minimum absolute atomic E-state index is 0.490. The molecule has 8 nitrogen and oxygen atoms in total. The lowest BCUT2D eigenvalue weighted by molar-refractivity contribution is 0.415. The van der Waals surface area contributed by atoms with Crippen LogP contribution in [-0.2, 0) is 0 Å². The highest BCUT2D eigenvalue weighted by atomic mass is 32.1. The summed E-state index contributed by atoms with van der Waals surface area (Å²) in [6, 6.07) is 19.2. The number of anilines is 1. The van der Waals surface area contributed by atoms with E-state index in [4.69, 9.17) is 10.00 Å². The van der Waals surface area contributed by atoms with Gasteiger partial charge in [-0.2, -0.15) is 5.26 Å². The second kappa shape index (κ2) is 10.1. The Morgan fingerprint density at radius 2 is 1.66 bits per heavy atom. The molecule has 0 N–H and O–H groups in total. The van der Waals surface area contributed by atoms with Crippen molar-refractivity contribution in [2.45, 2.75) is 6.42 Å². The molecule has 0 amide bonds. The SMILES string of the molecule is COc1ccc(N=Nc2cc3sc(N=Nc4ccc(N(C)CCC#N)cc4)nc3s2)cc1. The summed E-state index contributed by atoms with van der Waals surface area (Å²) in [6.45, 7) is 0.689. The maximum atomic E-state index is 8.70. The maximum absolute atomic E-state index is 8.70. The van der Waals surface area contributed by atoms with Crippen molar-refractivity contribution in [3.8, 4) is 11.8 Å². The molecule has 0 aliphatic heterocycles. The molecule has 0 saturated heterocycles. The summed E-state index contributed by atoms with van der Waals surface area (Å²) in [4.78, 5) is 7.42. The van der Waals surface area contributed by atoms with E-state index in [1.165, 1.54) is 22.7 Å². The zero-order valence-corrected chi connectivity index (χ0v) is 19.1. The Morgan fingerprint density at radius 3 is 2.31 bits per heavy atom. The lowest BCUT2D eigenvalue weighted by Crippen LogP contribution is -2.17. The molecular formula is C22H19N7OS2. The van der Waals surface area contributed by atoms with Crippen molar-refractivity contribution in [1.29, 1.82) is 5.26 Å². The first-order chi connectivity index (χ1) is 15.6. The van der Waals surface area contributed by atoms with E-state index in [1.807, 2.05) is 66.5 Å². The fourth-order valence-corrected chi connectivity index (χ4v) is 4.63. The Hall–Kier alpha value is -3.68. The quantitative estimate of drug-likeness (QED) is 0.253. The summed E-state index contributed by atoms with van der Waals surface area (Å²) in [5, 5.41) is 27.2. The molecule has 0 saturated carbocycles. The Bertz CT molecular complexity index is 1250. The van der Waals surface area contributed by atoms with Crippen LogP contribution in [0.4, 0.5) is 27.2 Å². The number of aromatic nitrogens is 1. The number of ether oxygens (including phenoxy) is 1. The number of hydrogen-bond donors (Lipinski definition) is 0. The van der Waals surface area contributed by atoms with E-state index < -0.39 is 0 Å². The van der Waals surface area contributed by atoms with Crippen LogP contribution in [0, 0.1) is 11.3 Å². The van der Waals surface area contributed by atoms with Gasteiger partial charge in [0.15, 0.2) is 0 Å². The minimum atomic E-state index is 0.490. The second-order valence-corrected chi connectivity index (χ2v) is 8.71. The van der Waals surface area contributed by atoms with Crippen LogP contribution in [0.3, 0.4) is 0 Å². The van der Waals surface area contributed by atoms with Gasteiger partial charge in [0.25, 0.3) is 0 Å². The summed E-state index contributed by atoms with van der Waals surface area (Å²) in [5.41, 5.74) is 2.53. The van der Waals surface area contributed by atoms with Gasteiger partial charge >= 0.3 is 0 Å². The van der Waals surface area contributed by atoms with E-state index in [-0.39, 0.29) is 0 Å². The Kier molecular flexibility index (Phi) is 6.79. The first-order valence-corrected chi connectivity index (χ1v) is 11.3. The Morgan fingerprint density at radius 1 is 0.969 bits per heavy atom. The van der Waals surface area contributed by atoms with Gasteiger partial charge in [-0.1, -0.05) is 22.7 Å². The molecule has 0 spiro atoms. The van der Waals surface area contributed by atoms with Crippen LogP contribution < -0.4 is 9.64 Å². The summed E-state index contributed by atoms with van der Waals surface area (Å²) >= 11 is 2.93. The molecule has 0 fully saturated rings. The molecule has 0 aliphatic rings. The van der Waals surface area contributed by atoms with Gasteiger partial charge in [0.2, 0.25) is 5.13 Å². The Labute approximate surface area is 193 Å². The van der Waals surface area contributed by atoms with Gasteiger partial charge in [-0.15, -0.1) is 20.5 Å². The molecule has 2 aromatic carbocycles. The first kappa shape index (κ1) is 21.5. The van der Waals surface area contributed by atoms with Gasteiger partial charge in [-0.3, -0.25) is 0 Å². The summed E-state index contributed by atoms with van der Waals surface area (Å²) in [7, 11) is 3.59. The third kappa shape index (κ3) is 5.32. The number of methoxy groups -OCH3 is 1. The van der Waals surface area contributed by atoms with Crippen molar-refractivity contribution in [1.82, 2.24) is 4.98 Å². The number of azo groups is 2. The van der Waals surface area contributed by atoms with E-state index in [0.717, 1.165) is 37.3 Å². The highest BCUT2D eigenvalue weighted by molar-refractivity contribution is 7.30. The number of benzene rings is 2. The van der Waals surface area contributed by atoms with Gasteiger partial charge in [0.1, 0.15) is 15.6 Å². The number of thiazole rings is 1. The maximum Gasteiger partial charge on any atom is 0.231 e. The van der Waals surface area contributed by atoms with Gasteiger partial charge < -0.3 is 9.64 Å². The van der Waals surface area contributed by atoms with E-state index in [0.29, 0.717) is 18.1 Å². The van der Waals surface area contributed by atoms with Crippen LogP contribution >= 0.6 is 22.7 Å². The lowest BCUT2D eigenvalue weighted by atomic mass is 10.2. The molecule has 10 heteroatoms. The zero-order chi connectivity index (χ0) is 22.3. The molecule has 0 unspecified atom stereocenters. The number of fused-ring (bicyclic) bond motifs is 1. The molecule has 32 heavy (non-hydrogen) atoms. The Balaban J connectivity index is 1.40. The van der Waals surface area contributed by atoms with Gasteiger partial charge in [-0.25, -0.2) is 4.98 Å². The smallest absolute Gasteiger partial charge is 0.231 e. The molecule has 4 aromatic rings. The number of rotatable bonds is 8. The van der Waals surface area contributed by atoms with Crippen molar-refractivity contribution in [2.75, 3.05) is 25.6 Å². The van der Waals surface area contributed by atoms with Crippen LogP contribution in [-0.4, -0.2) is 25.7 Å². The average molecular weight is 462 g/mol. The number of nitrogens with zero attached hydrogens (tertiary/aromatic N) is 7. The largest absolute Gasteiger partial charge is 0.497 e. The fourth-order valence-electron chi connectivity index (χ4n) is 2.78. The van der Waals surface area contributed by atoms with Crippen LogP contribution in [0.15, 0.2) is 75.1 Å². The normalized spacial score (nSPS) is 11.4. The molecular weight excluding hydrogens is 442 g/mol. The molecule has 2 heterocycles. The highest BCUT2D eigenvalue weighted by Crippen LogP contribution is 2.39. The van der Waals surface area contributed by atoms with Crippen molar-refractivity contribution in [3.05, 3.63) is 54.6 Å². The van der Waals surface area contributed by atoms with Crippen molar-refractivity contribution >= 4 is 59.4 Å². The summed E-state index contributed by atoms with van der Waals surface area (Å²) < 4.78 is 6.14. The van der Waals surface area contributed by atoms with E-state index in [9.17, 15) is 0 Å². The third-order valence-corrected chi connectivity index (χ3v) is 6.43. The van der Waals surface area contributed by atoms with Gasteiger partial charge in [0, 0.05) is 19.3 Å². The van der Waals surface area contributed by atoms with Gasteiger partial charge in [0.05, 0.1) is 35.7 Å². The molecule has 0 aliphatic carbocycles. The van der Waals surface area contributed by atoms with E-state index >= 15 is 0 Å². The number of nitriles is 1. The molecule has 160 valence electrons. The zero-order valence-electron chi connectivity index (χ0n) is 17.5. The first-order valence-electron chi connectivity index (χ1n) is 9.70. The topological polar surface area (TPSA) is 98.6 Å². The van der Waals surface area contributed by atoms with Gasteiger partial charge in [-0.05, 0) is 54.6 Å². The van der Waals surface area contributed by atoms with E-state index in [1.54, 1.807) is 7.11 Å². The minimum Gasteiger partial charge on any atom is -0.497 e. The predicted octanol–water partition coefficient (Wildman–Crippen LogP) is 7.55. The molecule has 0 bridgehead atoms. The molecule has 0 radical (unpaired) electrons. The van der Waals surface area contributed by atoms with Crippen LogP contribution in [0.1, 0.15) is 6.42 Å². The molecule has 2 aromatic heterocycles. The summed E-state index contributed by atoms with van der Waals surface area (Å²) in [5.74, 6) is 0.783. The molecule has 4 rings (SSSR count). The monoisotopic (exact) mass is 461 g/mol. The van der Waals surface area contributed by atoms with Crippen molar-refractivity contribution in [3.63, 3.8) is 0 Å². The number of hydrogen-bond acceptors (Lipinski definition) is 10. The van der Waals surface area contributed by atoms with Crippen LogP contribution in [0.2, 0.25) is 0 Å². The molecule has 0 atom stereocenters. The number of thiophene rings is 1. The highest BCUT2D eigenvalue weighted by Gasteiger charge is 2.08. The van der Waals surface area contributed by atoms with Crippen molar-refractivity contribution in [2.24, 2.45) is 20.5 Å². The third-order valence-electron chi connectivity index (χ3n) is 4.50.